The van der Waals surface area contributed by atoms with Crippen molar-refractivity contribution >= 4 is 11.6 Å². The van der Waals surface area contributed by atoms with Gasteiger partial charge in [-0.2, -0.15) is 0 Å². The first-order valence-corrected chi connectivity index (χ1v) is 5.55. The van der Waals surface area contributed by atoms with Gasteiger partial charge in [-0.25, -0.2) is 0 Å². The van der Waals surface area contributed by atoms with Gasteiger partial charge in [0, 0.05) is 24.8 Å². The van der Waals surface area contributed by atoms with E-state index in [-0.39, 0.29) is 12.0 Å². The first-order valence-electron chi connectivity index (χ1n) is 5.55. The lowest BCUT2D eigenvalue weighted by atomic mass is 10.2. The minimum atomic E-state index is -0.0249. The number of benzene rings is 1. The van der Waals surface area contributed by atoms with Gasteiger partial charge in [-0.05, 0) is 31.5 Å². The van der Waals surface area contributed by atoms with E-state index >= 15 is 0 Å². The standard InChI is InChI=1S/C14H17NO2/c1-4-12-6-5-7-13(10-12)15-14(16)9-8-11(2)17-3/h1,5-7,10-11H,8-9H2,2-3H3,(H,15,16). The van der Waals surface area contributed by atoms with Gasteiger partial charge >= 0.3 is 0 Å². The van der Waals surface area contributed by atoms with Crippen LogP contribution >= 0.6 is 0 Å². The molecule has 1 amide bonds. The van der Waals surface area contributed by atoms with Crippen molar-refractivity contribution in [2.24, 2.45) is 0 Å². The fourth-order valence-corrected chi connectivity index (χ4v) is 1.36. The molecular formula is C14H17NO2. The number of carbonyl (C=O) groups is 1. The summed E-state index contributed by atoms with van der Waals surface area (Å²) in [6.45, 7) is 1.94. The van der Waals surface area contributed by atoms with Crippen molar-refractivity contribution in [3.8, 4) is 12.3 Å². The zero-order valence-electron chi connectivity index (χ0n) is 10.2. The molecule has 0 saturated carbocycles. The average Bonchev–Trinajstić information content (AvgIpc) is 2.36. The first-order chi connectivity index (χ1) is 8.15. The Morgan fingerprint density at radius 2 is 2.35 bits per heavy atom. The molecule has 0 aromatic heterocycles. The smallest absolute Gasteiger partial charge is 0.224 e. The number of anilines is 1. The van der Waals surface area contributed by atoms with E-state index in [1.807, 2.05) is 25.1 Å². The molecule has 0 spiro atoms. The molecule has 0 radical (unpaired) electrons. The van der Waals surface area contributed by atoms with Crippen LogP contribution in [0.3, 0.4) is 0 Å². The minimum absolute atomic E-state index is 0.0249. The number of amides is 1. The molecule has 0 fully saturated rings. The number of nitrogens with one attached hydrogen (secondary N) is 1. The Balaban J connectivity index is 2.48. The SMILES string of the molecule is C#Cc1cccc(NC(=O)CCC(C)OC)c1. The molecule has 0 aliphatic rings. The molecule has 0 aliphatic heterocycles. The van der Waals surface area contributed by atoms with Crippen LogP contribution in [0.1, 0.15) is 25.3 Å². The summed E-state index contributed by atoms with van der Waals surface area (Å²) >= 11 is 0. The fourth-order valence-electron chi connectivity index (χ4n) is 1.36. The normalized spacial score (nSPS) is 11.6. The van der Waals surface area contributed by atoms with Crippen molar-refractivity contribution in [3.63, 3.8) is 0 Å². The number of ether oxygens (including phenoxy) is 1. The van der Waals surface area contributed by atoms with Crippen molar-refractivity contribution in [3.05, 3.63) is 29.8 Å². The average molecular weight is 231 g/mol. The van der Waals surface area contributed by atoms with Crippen molar-refractivity contribution in [1.29, 1.82) is 0 Å². The molecule has 1 unspecified atom stereocenters. The zero-order chi connectivity index (χ0) is 12.7. The van der Waals surface area contributed by atoms with E-state index in [4.69, 9.17) is 11.2 Å². The number of rotatable bonds is 5. The lowest BCUT2D eigenvalue weighted by Gasteiger charge is -2.09. The molecule has 17 heavy (non-hydrogen) atoms. The van der Waals surface area contributed by atoms with Crippen molar-refractivity contribution in [1.82, 2.24) is 0 Å². The number of terminal acetylenes is 1. The Bertz CT molecular complexity index is 420. The van der Waals surface area contributed by atoms with E-state index in [9.17, 15) is 4.79 Å². The summed E-state index contributed by atoms with van der Waals surface area (Å²) in [6, 6.07) is 7.24. The minimum Gasteiger partial charge on any atom is -0.382 e. The topological polar surface area (TPSA) is 38.3 Å². The predicted molar refractivity (Wildman–Crippen MR) is 68.7 cm³/mol. The molecule has 0 saturated heterocycles. The maximum Gasteiger partial charge on any atom is 0.224 e. The van der Waals surface area contributed by atoms with E-state index < -0.39 is 0 Å². The largest absolute Gasteiger partial charge is 0.382 e. The third-order valence-corrected chi connectivity index (χ3v) is 2.49. The van der Waals surface area contributed by atoms with Crippen LogP contribution in [0.5, 0.6) is 0 Å². The monoisotopic (exact) mass is 231 g/mol. The first kappa shape index (κ1) is 13.3. The molecule has 1 aromatic rings. The van der Waals surface area contributed by atoms with Crippen LogP contribution in [0.4, 0.5) is 5.69 Å². The van der Waals surface area contributed by atoms with Gasteiger partial charge in [0.1, 0.15) is 0 Å². The van der Waals surface area contributed by atoms with Crippen molar-refractivity contribution in [2.75, 3.05) is 12.4 Å². The molecule has 90 valence electrons. The molecule has 1 N–H and O–H groups in total. The van der Waals surface area contributed by atoms with Crippen LogP contribution in [0.25, 0.3) is 0 Å². The summed E-state index contributed by atoms with van der Waals surface area (Å²) < 4.78 is 5.08. The Morgan fingerprint density at radius 1 is 1.59 bits per heavy atom. The maximum atomic E-state index is 11.6. The highest BCUT2D eigenvalue weighted by molar-refractivity contribution is 5.90. The number of hydrogen-bond acceptors (Lipinski definition) is 2. The molecule has 1 atom stereocenters. The maximum absolute atomic E-state index is 11.6. The molecule has 3 nitrogen and oxygen atoms in total. The van der Waals surface area contributed by atoms with Crippen LogP contribution in [0.15, 0.2) is 24.3 Å². The van der Waals surface area contributed by atoms with E-state index in [0.717, 1.165) is 11.3 Å². The molecule has 1 aromatic carbocycles. The number of hydrogen-bond donors (Lipinski definition) is 1. The molecule has 1 rings (SSSR count). The van der Waals surface area contributed by atoms with E-state index in [2.05, 4.69) is 11.2 Å². The quantitative estimate of drug-likeness (QED) is 0.790. The van der Waals surface area contributed by atoms with Crippen LogP contribution in [-0.4, -0.2) is 19.1 Å². The fraction of sp³-hybridized carbons (Fsp3) is 0.357. The van der Waals surface area contributed by atoms with E-state index in [1.165, 1.54) is 0 Å². The predicted octanol–water partition coefficient (Wildman–Crippen LogP) is 2.42. The summed E-state index contributed by atoms with van der Waals surface area (Å²) in [5, 5.41) is 2.81. The highest BCUT2D eigenvalue weighted by Gasteiger charge is 2.06. The zero-order valence-corrected chi connectivity index (χ0v) is 10.2. The lowest BCUT2D eigenvalue weighted by Crippen LogP contribution is -2.15. The molecule has 0 bridgehead atoms. The van der Waals surface area contributed by atoms with Crippen LogP contribution < -0.4 is 5.32 Å². The summed E-state index contributed by atoms with van der Waals surface area (Å²) in [7, 11) is 1.64. The van der Waals surface area contributed by atoms with E-state index in [0.29, 0.717) is 12.8 Å². The molecule has 3 heteroatoms. The second-order valence-electron chi connectivity index (χ2n) is 3.86. The van der Waals surface area contributed by atoms with Gasteiger partial charge in [0.2, 0.25) is 5.91 Å². The van der Waals surface area contributed by atoms with Gasteiger partial charge in [0.15, 0.2) is 0 Å². The van der Waals surface area contributed by atoms with Crippen LogP contribution in [-0.2, 0) is 9.53 Å². The highest BCUT2D eigenvalue weighted by atomic mass is 16.5. The third kappa shape index (κ3) is 4.71. The second kappa shape index (κ2) is 6.72. The van der Waals surface area contributed by atoms with Gasteiger partial charge in [-0.3, -0.25) is 4.79 Å². The third-order valence-electron chi connectivity index (χ3n) is 2.49. The molecule has 0 aliphatic carbocycles. The van der Waals surface area contributed by atoms with Gasteiger partial charge in [-0.15, -0.1) is 6.42 Å². The Kier molecular flexibility index (Phi) is 5.25. The second-order valence-corrected chi connectivity index (χ2v) is 3.86. The Morgan fingerprint density at radius 3 is 3.00 bits per heavy atom. The lowest BCUT2D eigenvalue weighted by molar-refractivity contribution is -0.116. The number of carbonyl (C=O) groups excluding carboxylic acids is 1. The van der Waals surface area contributed by atoms with Crippen LogP contribution in [0.2, 0.25) is 0 Å². The summed E-state index contributed by atoms with van der Waals surface area (Å²) in [5.74, 6) is 2.50. The Hall–Kier alpha value is -1.79. The van der Waals surface area contributed by atoms with Crippen molar-refractivity contribution < 1.29 is 9.53 Å². The van der Waals surface area contributed by atoms with Gasteiger partial charge in [-0.1, -0.05) is 12.0 Å². The molecular weight excluding hydrogens is 214 g/mol. The summed E-state index contributed by atoms with van der Waals surface area (Å²) in [6.07, 6.45) is 6.53. The Labute approximate surface area is 102 Å². The summed E-state index contributed by atoms with van der Waals surface area (Å²) in [5.41, 5.74) is 1.49. The van der Waals surface area contributed by atoms with Gasteiger partial charge < -0.3 is 10.1 Å². The van der Waals surface area contributed by atoms with Gasteiger partial charge in [0.05, 0.1) is 6.10 Å². The van der Waals surface area contributed by atoms with Crippen molar-refractivity contribution in [2.45, 2.75) is 25.9 Å². The number of methoxy groups -OCH3 is 1. The highest BCUT2D eigenvalue weighted by Crippen LogP contribution is 2.11. The summed E-state index contributed by atoms with van der Waals surface area (Å²) in [4.78, 5) is 11.6. The van der Waals surface area contributed by atoms with Gasteiger partial charge in [0.25, 0.3) is 0 Å². The van der Waals surface area contributed by atoms with E-state index in [1.54, 1.807) is 13.2 Å². The molecule has 0 heterocycles. The van der Waals surface area contributed by atoms with Crippen LogP contribution in [0, 0.1) is 12.3 Å².